The van der Waals surface area contributed by atoms with Gasteiger partial charge in [-0.3, -0.25) is 48.6 Å². The van der Waals surface area contributed by atoms with Gasteiger partial charge < -0.3 is 36.6 Å². The molecule has 478 valence electrons. The van der Waals surface area contributed by atoms with Crippen LogP contribution in [0, 0.1) is 0 Å². The molecule has 0 saturated carbocycles. The number of hydrogen-bond donors (Lipinski definition) is 6. The van der Waals surface area contributed by atoms with Crippen LogP contribution < -0.4 is 26.6 Å². The molecule has 1 aliphatic rings. The first-order chi connectivity index (χ1) is 44.3. The molecule has 0 bridgehead atoms. The lowest BCUT2D eigenvalue weighted by Crippen LogP contribution is -2.49. The maximum absolute atomic E-state index is 12.9. The van der Waals surface area contributed by atoms with E-state index in [1.165, 1.54) is 18.2 Å². The number of rotatable bonds is 14. The zero-order valence-corrected chi connectivity index (χ0v) is 55.4. The Morgan fingerprint density at radius 3 is 1.13 bits per heavy atom. The molecule has 0 spiro atoms. The van der Waals surface area contributed by atoms with E-state index in [2.05, 4.69) is 46.4 Å². The summed E-state index contributed by atoms with van der Waals surface area (Å²) < 4.78 is 0. The van der Waals surface area contributed by atoms with Crippen molar-refractivity contribution < 1.29 is 33.9 Å². The molecule has 4 heterocycles. The molecule has 6 N–H and O–H groups in total. The first kappa shape index (κ1) is 69.8. The maximum atomic E-state index is 12.9. The van der Waals surface area contributed by atoms with Crippen LogP contribution in [0.1, 0.15) is 104 Å². The van der Waals surface area contributed by atoms with E-state index in [1.807, 2.05) is 96.1 Å². The number of piperazine rings is 1. The van der Waals surface area contributed by atoms with Gasteiger partial charge in [0.2, 0.25) is 0 Å². The summed E-state index contributed by atoms with van der Waals surface area (Å²) in [5, 5.41) is 25.3. The molecule has 10 rings (SSSR count). The lowest BCUT2D eigenvalue weighted by Gasteiger charge is -2.34. The highest BCUT2D eigenvalue weighted by Gasteiger charge is 2.25. The lowest BCUT2D eigenvalue weighted by atomic mass is 10.1. The van der Waals surface area contributed by atoms with Crippen LogP contribution in [0.2, 0.25) is 25.1 Å². The van der Waals surface area contributed by atoms with Crippen LogP contribution >= 0.6 is 58.0 Å². The van der Waals surface area contributed by atoms with E-state index in [0.717, 1.165) is 11.3 Å². The van der Waals surface area contributed by atoms with E-state index in [9.17, 15) is 28.8 Å². The number of halogens is 5. The van der Waals surface area contributed by atoms with Crippen LogP contribution in [0.3, 0.4) is 0 Å². The Morgan fingerprint density at radius 1 is 0.409 bits per heavy atom. The Hall–Kier alpha value is -9.04. The van der Waals surface area contributed by atoms with Crippen LogP contribution in [-0.4, -0.2) is 116 Å². The van der Waals surface area contributed by atoms with E-state index < -0.39 is 11.8 Å². The fourth-order valence-corrected chi connectivity index (χ4v) is 10.5. The van der Waals surface area contributed by atoms with Gasteiger partial charge in [-0.15, -0.1) is 0 Å². The van der Waals surface area contributed by atoms with Crippen molar-refractivity contribution in [3.8, 4) is 33.8 Å². The van der Waals surface area contributed by atoms with E-state index >= 15 is 0 Å². The predicted octanol–water partition coefficient (Wildman–Crippen LogP) is 15.1. The quantitative estimate of drug-likeness (QED) is 0.0600. The highest BCUT2D eigenvalue weighted by molar-refractivity contribution is 6.36. The Labute approximate surface area is 564 Å². The largest absolute Gasteiger partial charge is 0.395 e. The number of amides is 6. The van der Waals surface area contributed by atoms with E-state index in [-0.39, 0.29) is 62.5 Å². The number of nitrogens with zero attached hydrogens (tertiary/aromatic N) is 5. The lowest BCUT2D eigenvalue weighted by molar-refractivity contribution is 0.0614. The van der Waals surface area contributed by atoms with Gasteiger partial charge in [0, 0.05) is 118 Å². The number of nitrogens with one attached hydrogen (secondary N) is 5. The van der Waals surface area contributed by atoms with Gasteiger partial charge in [-0.1, -0.05) is 76.2 Å². The summed E-state index contributed by atoms with van der Waals surface area (Å²) in [6.07, 6.45) is 5.04. The predicted molar refractivity (Wildman–Crippen MR) is 371 cm³/mol. The first-order valence-corrected chi connectivity index (χ1v) is 31.3. The number of pyridine rings is 3. The molecule has 0 atom stereocenters. The average molecular weight is 1350 g/mol. The first-order valence-electron chi connectivity index (χ1n) is 29.4. The van der Waals surface area contributed by atoms with Crippen LogP contribution in [0.15, 0.2) is 188 Å². The van der Waals surface area contributed by atoms with Gasteiger partial charge in [-0.25, -0.2) is 0 Å². The summed E-state index contributed by atoms with van der Waals surface area (Å²) in [4.78, 5) is 92.4. The molecule has 9 aromatic rings. The minimum Gasteiger partial charge on any atom is -0.395 e. The number of benzene rings is 6. The van der Waals surface area contributed by atoms with Gasteiger partial charge in [0.25, 0.3) is 35.4 Å². The summed E-state index contributed by atoms with van der Waals surface area (Å²) in [7, 11) is 0. The van der Waals surface area contributed by atoms with Crippen LogP contribution in [-0.2, 0) is 0 Å². The fraction of sp³-hybridized carbons (Fsp3) is 0.197. The summed E-state index contributed by atoms with van der Waals surface area (Å²) >= 11 is 31.6. The molecule has 0 radical (unpaired) electrons. The Morgan fingerprint density at radius 2 is 0.763 bits per heavy atom. The number of anilines is 3. The maximum Gasteiger partial charge on any atom is 0.257 e. The minimum absolute atomic E-state index is 0.105. The summed E-state index contributed by atoms with van der Waals surface area (Å²) in [5.41, 5.74) is 7.56. The highest BCUT2D eigenvalue weighted by Crippen LogP contribution is 2.33. The van der Waals surface area contributed by atoms with Crippen LogP contribution in [0.4, 0.5) is 17.1 Å². The number of aromatic nitrogens is 3. The Kier molecular flexibility index (Phi) is 24.0. The number of aliphatic hydroxyl groups excluding tert-OH is 1. The van der Waals surface area contributed by atoms with Crippen molar-refractivity contribution in [2.45, 2.75) is 52.6 Å². The van der Waals surface area contributed by atoms with Crippen molar-refractivity contribution in [1.29, 1.82) is 0 Å². The molecule has 1 fully saturated rings. The van der Waals surface area contributed by atoms with Gasteiger partial charge >= 0.3 is 0 Å². The van der Waals surface area contributed by atoms with Gasteiger partial charge in [-0.2, -0.15) is 0 Å². The third-order valence-corrected chi connectivity index (χ3v) is 15.5. The van der Waals surface area contributed by atoms with Crippen LogP contribution in [0.5, 0.6) is 0 Å². The smallest absolute Gasteiger partial charge is 0.257 e. The van der Waals surface area contributed by atoms with Crippen molar-refractivity contribution in [2.24, 2.45) is 0 Å². The van der Waals surface area contributed by atoms with Crippen molar-refractivity contribution in [2.75, 3.05) is 55.3 Å². The van der Waals surface area contributed by atoms with Gasteiger partial charge in [0.1, 0.15) is 0 Å². The molecule has 6 amide bonds. The molecule has 93 heavy (non-hydrogen) atoms. The molecule has 22 heteroatoms. The molecule has 0 aliphatic carbocycles. The molecular formula is C71H67Cl5N10O7. The minimum atomic E-state index is -0.393. The van der Waals surface area contributed by atoms with Gasteiger partial charge in [0.05, 0.1) is 59.9 Å². The normalized spacial score (nSPS) is 12.2. The average Bonchev–Trinajstić information content (AvgIpc) is 0.933. The third-order valence-electron chi connectivity index (χ3n) is 13.9. The van der Waals surface area contributed by atoms with Gasteiger partial charge in [0.15, 0.2) is 0 Å². The molecule has 0 unspecified atom stereocenters. The second-order valence-electron chi connectivity index (χ2n) is 23.3. The number of hydrogen-bond acceptors (Lipinski definition) is 11. The molecule has 3 aromatic heterocycles. The van der Waals surface area contributed by atoms with Gasteiger partial charge in [-0.05, 0) is 193 Å². The monoisotopic (exact) mass is 1350 g/mol. The van der Waals surface area contributed by atoms with Crippen molar-refractivity contribution in [1.82, 2.24) is 35.4 Å². The molecule has 1 saturated heterocycles. The van der Waals surface area contributed by atoms with Crippen molar-refractivity contribution in [3.05, 3.63) is 247 Å². The molecular weight excluding hydrogens is 1280 g/mol. The summed E-state index contributed by atoms with van der Waals surface area (Å²) in [6.45, 7) is 14.7. The SMILES string of the molecule is CC(C)(C)NC(=O)c1ccc(C(=O)Nc2ccc(Cl)c(-c3ccccn3)c2)c(Cl)c1.CC(C)(C)NC(=O)c1ccc(C(=O)Nc2ccc(Cl)c(-c3ccccn3)c2)cc1.O=C(Nc1ccc(Cl)c(-c2ccccn2)c1)c1ccc(C(=O)N2CCN(CCO)CC2)cc1Cl. The molecule has 17 nitrogen and oxygen atoms in total. The molecule has 6 aromatic carbocycles. The Bertz CT molecular complexity index is 4150. The number of carbonyl (C=O) groups is 6. The fourth-order valence-electron chi connectivity index (χ4n) is 9.33. The topological polar surface area (TPSA) is 228 Å². The van der Waals surface area contributed by atoms with E-state index in [1.54, 1.807) is 121 Å². The summed E-state index contributed by atoms with van der Waals surface area (Å²) in [5.74, 6) is -1.62. The van der Waals surface area contributed by atoms with E-state index in [4.69, 9.17) is 63.1 Å². The number of aliphatic hydroxyl groups is 1. The van der Waals surface area contributed by atoms with Crippen molar-refractivity contribution >= 4 is 111 Å². The van der Waals surface area contributed by atoms with E-state index in [0.29, 0.717) is 110 Å². The third kappa shape index (κ3) is 20.0. The standard InChI is InChI=1S/C25H24Cl2N4O3.C23H21Cl2N3O2.C23H22ClN3O2/c26-21-7-5-18(16-20(21)23-3-1-2-8-28-23)29-24(33)19-6-4-17(15-22(19)27)25(34)31-11-9-30(10-12-31)13-14-32;1-23(2,3)28-21(29)14-7-9-16(19(25)12-14)22(30)27-15-8-10-18(24)17(13-15)20-6-4-5-11-26-20;1-23(2,3)27-22(29)16-9-7-15(8-10-16)21(28)26-17-11-12-19(24)18(14-17)20-6-4-5-13-25-20/h1-8,15-16,32H,9-14H2,(H,29,33);4-13H,1-3H3,(H,27,30)(H,28,29);4-14H,1-3H3,(H,26,28)(H,27,29). The zero-order valence-electron chi connectivity index (χ0n) is 51.7. The second-order valence-corrected chi connectivity index (χ2v) is 25.4. The summed E-state index contributed by atoms with van der Waals surface area (Å²) in [6, 6.07) is 48.0. The van der Waals surface area contributed by atoms with Crippen LogP contribution in [0.25, 0.3) is 33.8 Å². The zero-order chi connectivity index (χ0) is 67.0. The molecule has 1 aliphatic heterocycles. The second kappa shape index (κ2) is 32.0. The highest BCUT2D eigenvalue weighted by atomic mass is 35.5. The number of β-amino-alcohol motifs (C(OH)–C–C–N with tert-alkyl or cyclic N) is 1. The Balaban J connectivity index is 0.000000180. The number of carbonyl (C=O) groups excluding carboxylic acids is 6. The van der Waals surface area contributed by atoms with Crippen molar-refractivity contribution in [3.63, 3.8) is 0 Å².